The molecule has 8 heteroatoms. The molecule has 3 rings (SSSR count). The van der Waals surface area contributed by atoms with Gasteiger partial charge in [0.25, 0.3) is 0 Å². The topological polar surface area (TPSA) is 70.3 Å². The predicted molar refractivity (Wildman–Crippen MR) is 84.1 cm³/mol. The third kappa shape index (κ3) is 2.77. The molecule has 0 aliphatic rings. The number of aromatic nitrogens is 2. The van der Waals surface area contributed by atoms with Gasteiger partial charge in [0.1, 0.15) is 23.6 Å². The summed E-state index contributed by atoms with van der Waals surface area (Å²) in [7, 11) is 1.54. The molecule has 0 radical (unpaired) electrons. The van der Waals surface area contributed by atoms with Crippen LogP contribution < -0.4 is 15.2 Å². The second-order valence-corrected chi connectivity index (χ2v) is 5.81. The molecule has 0 aliphatic carbocycles. The van der Waals surface area contributed by atoms with Crippen molar-refractivity contribution in [3.05, 3.63) is 40.9 Å². The van der Waals surface area contributed by atoms with Crippen LogP contribution in [0.25, 0.3) is 10.2 Å². The summed E-state index contributed by atoms with van der Waals surface area (Å²) in [5, 5.41) is 0.266. The predicted octanol–water partition coefficient (Wildman–Crippen LogP) is 3.65. The highest BCUT2D eigenvalue weighted by Crippen LogP contribution is 2.35. The Hall–Kier alpha value is -2.12. The Morgan fingerprint density at radius 3 is 3.00 bits per heavy atom. The zero-order chi connectivity index (χ0) is 15.7. The molecule has 2 N–H and O–H groups in total. The molecule has 1 aromatic carbocycles. The SMILES string of the molecule is COc1cc(OCc2ccnc(Cl)c2F)cc2sc(N)nc12. The first-order valence-electron chi connectivity index (χ1n) is 6.24. The molecule has 0 unspecified atom stereocenters. The lowest BCUT2D eigenvalue weighted by molar-refractivity contribution is 0.298. The minimum absolute atomic E-state index is 0.0248. The van der Waals surface area contributed by atoms with E-state index in [1.54, 1.807) is 12.1 Å². The zero-order valence-electron chi connectivity index (χ0n) is 11.5. The molecule has 114 valence electrons. The summed E-state index contributed by atoms with van der Waals surface area (Å²) >= 11 is 6.97. The van der Waals surface area contributed by atoms with Crippen molar-refractivity contribution in [3.8, 4) is 11.5 Å². The van der Waals surface area contributed by atoms with Crippen LogP contribution in [0.4, 0.5) is 9.52 Å². The monoisotopic (exact) mass is 339 g/mol. The largest absolute Gasteiger partial charge is 0.494 e. The number of nitrogens with two attached hydrogens (primary N) is 1. The number of anilines is 1. The van der Waals surface area contributed by atoms with Crippen LogP contribution in [-0.2, 0) is 6.61 Å². The van der Waals surface area contributed by atoms with Gasteiger partial charge in [0, 0.05) is 17.8 Å². The normalized spacial score (nSPS) is 10.9. The fraction of sp³-hybridized carbons (Fsp3) is 0.143. The van der Waals surface area contributed by atoms with E-state index >= 15 is 0 Å². The number of fused-ring (bicyclic) bond motifs is 1. The maximum Gasteiger partial charge on any atom is 0.181 e. The van der Waals surface area contributed by atoms with Crippen LogP contribution in [0.2, 0.25) is 5.15 Å². The first kappa shape index (κ1) is 14.8. The second kappa shape index (κ2) is 5.94. The molecule has 0 spiro atoms. The lowest BCUT2D eigenvalue weighted by Crippen LogP contribution is -2.00. The first-order valence-corrected chi connectivity index (χ1v) is 7.43. The Kier molecular flexibility index (Phi) is 4.00. The van der Waals surface area contributed by atoms with Gasteiger partial charge in [-0.2, -0.15) is 0 Å². The molecule has 0 atom stereocenters. The van der Waals surface area contributed by atoms with E-state index in [9.17, 15) is 4.39 Å². The van der Waals surface area contributed by atoms with Gasteiger partial charge >= 0.3 is 0 Å². The van der Waals surface area contributed by atoms with Crippen LogP contribution in [0.1, 0.15) is 5.56 Å². The smallest absolute Gasteiger partial charge is 0.181 e. The Balaban J connectivity index is 1.89. The van der Waals surface area contributed by atoms with Crippen molar-refractivity contribution in [1.82, 2.24) is 9.97 Å². The highest BCUT2D eigenvalue weighted by Gasteiger charge is 2.12. The van der Waals surface area contributed by atoms with E-state index in [1.807, 2.05) is 0 Å². The summed E-state index contributed by atoms with van der Waals surface area (Å²) < 4.78 is 25.5. The number of hydrogen-bond acceptors (Lipinski definition) is 6. The number of methoxy groups -OCH3 is 1. The number of benzene rings is 1. The van der Waals surface area contributed by atoms with Gasteiger partial charge in [-0.1, -0.05) is 22.9 Å². The maximum atomic E-state index is 13.8. The van der Waals surface area contributed by atoms with E-state index in [2.05, 4.69) is 9.97 Å². The number of nitrogen functional groups attached to an aromatic ring is 1. The van der Waals surface area contributed by atoms with Crippen molar-refractivity contribution >= 4 is 38.3 Å². The number of thiazole rings is 1. The van der Waals surface area contributed by atoms with Crippen LogP contribution in [0.15, 0.2) is 24.4 Å². The molecule has 0 bridgehead atoms. The minimum Gasteiger partial charge on any atom is -0.494 e. The molecule has 3 aromatic rings. The summed E-state index contributed by atoms with van der Waals surface area (Å²) in [5.74, 6) is 0.494. The fourth-order valence-electron chi connectivity index (χ4n) is 1.96. The average molecular weight is 340 g/mol. The van der Waals surface area contributed by atoms with Gasteiger partial charge < -0.3 is 15.2 Å². The highest BCUT2D eigenvalue weighted by atomic mass is 35.5. The molecular formula is C14H11ClFN3O2S. The lowest BCUT2D eigenvalue weighted by Gasteiger charge is -2.09. The maximum absolute atomic E-state index is 13.8. The summed E-state index contributed by atoms with van der Waals surface area (Å²) in [6, 6.07) is 4.98. The van der Waals surface area contributed by atoms with Crippen molar-refractivity contribution in [2.24, 2.45) is 0 Å². The molecule has 0 saturated carbocycles. The minimum atomic E-state index is -0.584. The van der Waals surface area contributed by atoms with E-state index in [-0.39, 0.29) is 11.8 Å². The summed E-state index contributed by atoms with van der Waals surface area (Å²) in [6.07, 6.45) is 1.43. The number of rotatable bonds is 4. The molecular weight excluding hydrogens is 329 g/mol. The Labute approximate surface area is 134 Å². The van der Waals surface area contributed by atoms with Crippen molar-refractivity contribution < 1.29 is 13.9 Å². The van der Waals surface area contributed by atoms with Crippen molar-refractivity contribution in [2.75, 3.05) is 12.8 Å². The summed E-state index contributed by atoms with van der Waals surface area (Å²) in [6.45, 7) is 0.0248. The Bertz CT molecular complexity index is 840. The van der Waals surface area contributed by atoms with Crippen LogP contribution in [0.3, 0.4) is 0 Å². The van der Waals surface area contributed by atoms with E-state index in [0.29, 0.717) is 27.7 Å². The van der Waals surface area contributed by atoms with Gasteiger partial charge in [-0.15, -0.1) is 0 Å². The molecule has 0 fully saturated rings. The number of pyridine rings is 1. The third-order valence-corrected chi connectivity index (χ3v) is 4.09. The molecule has 2 aromatic heterocycles. The molecule has 0 aliphatic heterocycles. The molecule has 5 nitrogen and oxygen atoms in total. The number of nitrogens with zero attached hydrogens (tertiary/aromatic N) is 2. The zero-order valence-corrected chi connectivity index (χ0v) is 13.0. The van der Waals surface area contributed by atoms with Gasteiger partial charge in [-0.25, -0.2) is 14.4 Å². The van der Waals surface area contributed by atoms with Gasteiger partial charge in [0.2, 0.25) is 0 Å². The fourth-order valence-corrected chi connectivity index (χ4v) is 2.92. The van der Waals surface area contributed by atoms with Gasteiger partial charge in [-0.3, -0.25) is 0 Å². The Morgan fingerprint density at radius 2 is 2.23 bits per heavy atom. The number of halogens is 2. The van der Waals surface area contributed by atoms with Gasteiger partial charge in [0.05, 0.1) is 11.8 Å². The molecule has 22 heavy (non-hydrogen) atoms. The van der Waals surface area contributed by atoms with E-state index < -0.39 is 5.82 Å². The standard InChI is InChI=1S/C14H11ClFN3O2S/c1-20-9-4-8(5-10-12(9)19-14(17)22-10)21-6-7-2-3-18-13(15)11(7)16/h2-5H,6H2,1H3,(H2,17,19). The third-order valence-electron chi connectivity index (χ3n) is 2.99. The van der Waals surface area contributed by atoms with Gasteiger partial charge in [0.15, 0.2) is 16.1 Å². The number of ether oxygens (including phenoxy) is 2. The highest BCUT2D eigenvalue weighted by molar-refractivity contribution is 7.22. The quantitative estimate of drug-likeness (QED) is 0.735. The molecule has 0 saturated heterocycles. The van der Waals surface area contributed by atoms with Crippen molar-refractivity contribution in [3.63, 3.8) is 0 Å². The van der Waals surface area contributed by atoms with E-state index in [1.165, 1.54) is 30.7 Å². The molecule has 2 heterocycles. The average Bonchev–Trinajstić information content (AvgIpc) is 2.88. The van der Waals surface area contributed by atoms with Crippen LogP contribution in [0.5, 0.6) is 11.5 Å². The Morgan fingerprint density at radius 1 is 1.41 bits per heavy atom. The second-order valence-electron chi connectivity index (χ2n) is 4.39. The van der Waals surface area contributed by atoms with Crippen LogP contribution in [0, 0.1) is 5.82 Å². The van der Waals surface area contributed by atoms with Crippen LogP contribution >= 0.6 is 22.9 Å². The van der Waals surface area contributed by atoms with Crippen molar-refractivity contribution in [1.29, 1.82) is 0 Å². The van der Waals surface area contributed by atoms with Crippen molar-refractivity contribution in [2.45, 2.75) is 6.61 Å². The first-order chi connectivity index (χ1) is 10.6. The van der Waals surface area contributed by atoms with E-state index in [0.717, 1.165) is 4.70 Å². The van der Waals surface area contributed by atoms with Crippen LogP contribution in [-0.4, -0.2) is 17.1 Å². The summed E-state index contributed by atoms with van der Waals surface area (Å²) in [5.41, 5.74) is 6.70. The lowest BCUT2D eigenvalue weighted by atomic mass is 10.2. The number of hydrogen-bond donors (Lipinski definition) is 1. The molecule has 0 amide bonds. The van der Waals surface area contributed by atoms with E-state index in [4.69, 9.17) is 26.8 Å². The van der Waals surface area contributed by atoms with Gasteiger partial charge in [-0.05, 0) is 12.1 Å². The summed E-state index contributed by atoms with van der Waals surface area (Å²) in [4.78, 5) is 7.86.